The summed E-state index contributed by atoms with van der Waals surface area (Å²) in [6, 6.07) is 15.9. The number of ether oxygens (including phenoxy) is 2. The van der Waals surface area contributed by atoms with Gasteiger partial charge in [-0.15, -0.1) is 0 Å². The number of hydrogen-bond donors (Lipinski definition) is 2. The number of aliphatic hydroxyl groups excluding tert-OH is 1. The van der Waals surface area contributed by atoms with Crippen LogP contribution in [0.1, 0.15) is 11.1 Å². The lowest BCUT2D eigenvalue weighted by molar-refractivity contribution is 0.0579. The predicted molar refractivity (Wildman–Crippen MR) is 115 cm³/mol. The smallest absolute Gasteiger partial charge is 0.161 e. The second-order valence-electron chi connectivity index (χ2n) is 7.69. The van der Waals surface area contributed by atoms with Crippen LogP contribution in [0.4, 0.5) is 0 Å². The molecule has 0 aliphatic carbocycles. The summed E-state index contributed by atoms with van der Waals surface area (Å²) in [4.78, 5) is 4.73. The molecule has 2 aromatic carbocycles. The number of benzene rings is 2. The van der Waals surface area contributed by atoms with E-state index in [0.717, 1.165) is 44.2 Å². The van der Waals surface area contributed by atoms with Gasteiger partial charge in [0, 0.05) is 45.3 Å². The van der Waals surface area contributed by atoms with Crippen LogP contribution in [0.5, 0.6) is 11.5 Å². The van der Waals surface area contributed by atoms with Gasteiger partial charge in [-0.2, -0.15) is 0 Å². The third-order valence-electron chi connectivity index (χ3n) is 5.57. The molecule has 6 heteroatoms. The van der Waals surface area contributed by atoms with Gasteiger partial charge in [0.2, 0.25) is 0 Å². The van der Waals surface area contributed by atoms with Crippen molar-refractivity contribution in [2.45, 2.75) is 25.1 Å². The zero-order valence-corrected chi connectivity index (χ0v) is 17.5. The zero-order chi connectivity index (χ0) is 20.6. The van der Waals surface area contributed by atoms with Crippen molar-refractivity contribution in [3.8, 4) is 11.5 Å². The lowest BCUT2D eigenvalue weighted by Crippen LogP contribution is -2.51. The summed E-state index contributed by atoms with van der Waals surface area (Å²) in [5.74, 6) is 1.51. The molecule has 0 amide bonds. The number of aliphatic hydroxyl groups is 1. The topological polar surface area (TPSA) is 71.2 Å². The Hall–Kier alpha value is -2.12. The number of nitrogens with zero attached hydrogens (tertiary/aromatic N) is 2. The van der Waals surface area contributed by atoms with Crippen LogP contribution in [0.25, 0.3) is 0 Å². The molecule has 6 nitrogen and oxygen atoms in total. The highest BCUT2D eigenvalue weighted by molar-refractivity contribution is 5.42. The van der Waals surface area contributed by atoms with Gasteiger partial charge in [-0.1, -0.05) is 36.4 Å². The van der Waals surface area contributed by atoms with Gasteiger partial charge in [0.15, 0.2) is 11.5 Å². The van der Waals surface area contributed by atoms with Crippen molar-refractivity contribution in [2.24, 2.45) is 5.73 Å². The molecule has 0 saturated carbocycles. The van der Waals surface area contributed by atoms with Crippen molar-refractivity contribution < 1.29 is 14.6 Å². The van der Waals surface area contributed by atoms with Crippen LogP contribution in [0.2, 0.25) is 0 Å². The number of piperazine rings is 1. The summed E-state index contributed by atoms with van der Waals surface area (Å²) in [6.07, 6.45) is 0.175. The largest absolute Gasteiger partial charge is 0.493 e. The SMILES string of the molecule is COc1ccc(CN2CCN(C[C@@H](O)[C@@H](N)Cc3ccccc3)CC2)cc1OC. The van der Waals surface area contributed by atoms with E-state index in [4.69, 9.17) is 15.2 Å². The summed E-state index contributed by atoms with van der Waals surface area (Å²) in [5.41, 5.74) is 8.61. The molecule has 0 spiro atoms. The van der Waals surface area contributed by atoms with Crippen molar-refractivity contribution in [3.63, 3.8) is 0 Å². The first-order chi connectivity index (χ1) is 14.1. The first-order valence-electron chi connectivity index (χ1n) is 10.2. The van der Waals surface area contributed by atoms with E-state index >= 15 is 0 Å². The van der Waals surface area contributed by atoms with Crippen molar-refractivity contribution in [3.05, 3.63) is 59.7 Å². The van der Waals surface area contributed by atoms with Gasteiger partial charge in [0.25, 0.3) is 0 Å². The summed E-state index contributed by atoms with van der Waals surface area (Å²) in [7, 11) is 3.31. The molecule has 0 unspecified atom stereocenters. The predicted octanol–water partition coefficient (Wildman–Crippen LogP) is 1.75. The number of hydrogen-bond acceptors (Lipinski definition) is 6. The molecule has 1 aliphatic rings. The fourth-order valence-corrected chi connectivity index (χ4v) is 3.79. The summed E-state index contributed by atoms with van der Waals surface area (Å²) in [6.45, 7) is 5.30. The molecule has 0 aromatic heterocycles. The average molecular weight is 400 g/mol. The van der Waals surface area contributed by atoms with Gasteiger partial charge in [-0.25, -0.2) is 0 Å². The highest BCUT2D eigenvalue weighted by Crippen LogP contribution is 2.28. The van der Waals surface area contributed by atoms with Crippen molar-refractivity contribution in [2.75, 3.05) is 46.9 Å². The molecule has 29 heavy (non-hydrogen) atoms. The molecular weight excluding hydrogens is 366 g/mol. The molecule has 1 heterocycles. The van der Waals surface area contributed by atoms with Gasteiger partial charge in [0.05, 0.1) is 20.3 Å². The van der Waals surface area contributed by atoms with Crippen LogP contribution in [-0.4, -0.2) is 74.0 Å². The standard InChI is InChI=1S/C23H33N3O3/c1-28-22-9-8-19(15-23(22)29-2)16-25-10-12-26(13-11-25)17-21(27)20(24)14-18-6-4-3-5-7-18/h3-9,15,20-21,27H,10-14,16-17,24H2,1-2H3/t20-,21+/m0/s1. The van der Waals surface area contributed by atoms with Crippen LogP contribution in [-0.2, 0) is 13.0 Å². The Bertz CT molecular complexity index is 748. The second-order valence-corrected chi connectivity index (χ2v) is 7.69. The van der Waals surface area contributed by atoms with E-state index in [1.54, 1.807) is 14.2 Å². The Morgan fingerprint density at radius 1 is 0.897 bits per heavy atom. The van der Waals surface area contributed by atoms with Crippen molar-refractivity contribution in [1.29, 1.82) is 0 Å². The van der Waals surface area contributed by atoms with Crippen LogP contribution in [0.3, 0.4) is 0 Å². The minimum absolute atomic E-state index is 0.248. The third kappa shape index (κ3) is 6.18. The molecular formula is C23H33N3O3. The molecule has 2 aromatic rings. The third-order valence-corrected chi connectivity index (χ3v) is 5.57. The number of nitrogens with two attached hydrogens (primary N) is 1. The molecule has 3 rings (SSSR count). The quantitative estimate of drug-likeness (QED) is 0.670. The first kappa shape index (κ1) is 21.6. The second kappa shape index (κ2) is 10.6. The van der Waals surface area contributed by atoms with Gasteiger partial charge in [0.1, 0.15) is 0 Å². The minimum Gasteiger partial charge on any atom is -0.493 e. The zero-order valence-electron chi connectivity index (χ0n) is 17.5. The maximum absolute atomic E-state index is 10.5. The van der Waals surface area contributed by atoms with E-state index < -0.39 is 6.10 Å². The van der Waals surface area contributed by atoms with Gasteiger partial charge in [-0.3, -0.25) is 9.80 Å². The Labute approximate surface area is 173 Å². The molecule has 0 radical (unpaired) electrons. The fraction of sp³-hybridized carbons (Fsp3) is 0.478. The summed E-state index contributed by atoms with van der Waals surface area (Å²) in [5, 5.41) is 10.5. The van der Waals surface area contributed by atoms with Gasteiger partial charge >= 0.3 is 0 Å². The summed E-state index contributed by atoms with van der Waals surface area (Å²) >= 11 is 0. The number of methoxy groups -OCH3 is 2. The maximum Gasteiger partial charge on any atom is 0.161 e. The molecule has 1 saturated heterocycles. The van der Waals surface area contributed by atoms with E-state index in [1.165, 1.54) is 11.1 Å². The highest BCUT2D eigenvalue weighted by atomic mass is 16.5. The van der Waals surface area contributed by atoms with Crippen molar-refractivity contribution in [1.82, 2.24) is 9.80 Å². The lowest BCUT2D eigenvalue weighted by atomic mass is 10.0. The van der Waals surface area contributed by atoms with E-state index in [0.29, 0.717) is 13.0 Å². The normalized spacial score (nSPS) is 17.7. The number of β-amino-alcohol motifs (C(OH)–C–C–N with tert-alkyl or cyclic N) is 1. The Morgan fingerprint density at radius 2 is 1.55 bits per heavy atom. The van der Waals surface area contributed by atoms with Crippen LogP contribution < -0.4 is 15.2 Å². The van der Waals surface area contributed by atoms with Gasteiger partial charge in [-0.05, 0) is 29.7 Å². The monoisotopic (exact) mass is 399 g/mol. The van der Waals surface area contributed by atoms with Crippen LogP contribution in [0.15, 0.2) is 48.5 Å². The number of rotatable bonds is 9. The maximum atomic E-state index is 10.5. The Balaban J connectivity index is 1.44. The average Bonchev–Trinajstić information content (AvgIpc) is 2.75. The van der Waals surface area contributed by atoms with Gasteiger partial charge < -0.3 is 20.3 Å². The van der Waals surface area contributed by atoms with E-state index in [2.05, 4.69) is 28.0 Å². The van der Waals surface area contributed by atoms with Crippen LogP contribution >= 0.6 is 0 Å². The molecule has 158 valence electrons. The lowest BCUT2D eigenvalue weighted by Gasteiger charge is -2.36. The fourth-order valence-electron chi connectivity index (χ4n) is 3.79. The molecule has 1 aliphatic heterocycles. The molecule has 0 bridgehead atoms. The van der Waals surface area contributed by atoms with Crippen molar-refractivity contribution >= 4 is 0 Å². The minimum atomic E-state index is -0.521. The van der Waals surface area contributed by atoms with E-state index in [1.807, 2.05) is 30.3 Å². The first-order valence-corrected chi connectivity index (χ1v) is 10.2. The van der Waals surface area contributed by atoms with E-state index in [-0.39, 0.29) is 6.04 Å². The molecule has 2 atom stereocenters. The Kier molecular flexibility index (Phi) is 7.89. The molecule has 1 fully saturated rings. The molecule has 3 N–H and O–H groups in total. The Morgan fingerprint density at radius 3 is 2.21 bits per heavy atom. The highest BCUT2D eigenvalue weighted by Gasteiger charge is 2.23. The van der Waals surface area contributed by atoms with Crippen LogP contribution in [0, 0.1) is 0 Å². The summed E-state index contributed by atoms with van der Waals surface area (Å²) < 4.78 is 10.7. The van der Waals surface area contributed by atoms with E-state index in [9.17, 15) is 5.11 Å².